The van der Waals surface area contributed by atoms with E-state index in [1.807, 2.05) is 0 Å². The zero-order valence-corrected chi connectivity index (χ0v) is 19.2. The lowest BCUT2D eigenvalue weighted by Gasteiger charge is -2.21. The van der Waals surface area contributed by atoms with Crippen LogP contribution < -0.4 is 16.4 Å². The summed E-state index contributed by atoms with van der Waals surface area (Å²) in [6.45, 7) is 4.64. The Morgan fingerprint density at radius 2 is 0.970 bits per heavy atom. The highest BCUT2D eigenvalue weighted by molar-refractivity contribution is 6.95. The molecule has 5 aromatic rings. The van der Waals surface area contributed by atoms with E-state index in [4.69, 9.17) is 0 Å². The van der Waals surface area contributed by atoms with Gasteiger partial charge in [-0.3, -0.25) is 0 Å². The van der Waals surface area contributed by atoms with Gasteiger partial charge in [-0.25, -0.2) is 0 Å². The maximum atomic E-state index is 2.29. The van der Waals surface area contributed by atoms with Crippen LogP contribution in [0.25, 0.3) is 22.3 Å². The summed E-state index contributed by atoms with van der Waals surface area (Å²) >= 11 is 0. The predicted octanol–water partition coefficient (Wildman–Crippen LogP) is 6.15. The molecule has 1 heteroatoms. The lowest BCUT2D eigenvalue weighted by atomic mass is 9.36. The molecular formula is C32H27B. The second kappa shape index (κ2) is 9.34. The molecule has 0 heterocycles. The zero-order valence-electron chi connectivity index (χ0n) is 19.2. The first-order chi connectivity index (χ1) is 16.2. The van der Waals surface area contributed by atoms with E-state index in [0.29, 0.717) is 0 Å². The highest BCUT2D eigenvalue weighted by atomic mass is 14.1. The van der Waals surface area contributed by atoms with Gasteiger partial charge in [0, 0.05) is 0 Å². The largest absolute Gasteiger partial charge is 0.241 e. The molecule has 0 N–H and O–H groups in total. The molecule has 5 rings (SSSR count). The summed E-state index contributed by atoms with van der Waals surface area (Å²) in [5.41, 5.74) is 11.7. The van der Waals surface area contributed by atoms with E-state index < -0.39 is 0 Å². The van der Waals surface area contributed by atoms with Gasteiger partial charge in [0.05, 0.1) is 0 Å². The van der Waals surface area contributed by atoms with Gasteiger partial charge in [-0.15, -0.1) is 0 Å². The average Bonchev–Trinajstić information content (AvgIpc) is 2.87. The Morgan fingerprint density at radius 3 is 1.67 bits per heavy atom. The van der Waals surface area contributed by atoms with Gasteiger partial charge < -0.3 is 0 Å². The molecule has 0 radical (unpaired) electrons. The molecule has 158 valence electrons. The van der Waals surface area contributed by atoms with Crippen LogP contribution in [0, 0.1) is 13.8 Å². The number of aryl methyl sites for hydroxylation is 1. The molecule has 0 aliphatic heterocycles. The maximum absolute atomic E-state index is 2.29. The van der Waals surface area contributed by atoms with Gasteiger partial charge in [-0.2, -0.15) is 0 Å². The van der Waals surface area contributed by atoms with Crippen molar-refractivity contribution in [1.82, 2.24) is 0 Å². The van der Waals surface area contributed by atoms with Gasteiger partial charge in [0.2, 0.25) is 6.71 Å². The van der Waals surface area contributed by atoms with Gasteiger partial charge in [0.15, 0.2) is 0 Å². The molecule has 0 saturated carbocycles. The first-order valence-corrected chi connectivity index (χ1v) is 11.6. The minimum atomic E-state index is 0.181. The molecular weight excluding hydrogens is 395 g/mol. The number of hydrogen-bond donors (Lipinski definition) is 0. The number of rotatable bonds is 5. The van der Waals surface area contributed by atoms with Crippen molar-refractivity contribution in [3.63, 3.8) is 0 Å². The molecule has 0 fully saturated rings. The number of hydrogen-bond acceptors (Lipinski definition) is 0. The first-order valence-electron chi connectivity index (χ1n) is 11.6. The monoisotopic (exact) mass is 422 g/mol. The fraction of sp³-hybridized carbons (Fsp3) is 0.0625. The highest BCUT2D eigenvalue weighted by Crippen LogP contribution is 2.26. The molecule has 0 aromatic heterocycles. The van der Waals surface area contributed by atoms with Gasteiger partial charge in [0.1, 0.15) is 0 Å². The third-order valence-electron chi connectivity index (χ3n) is 6.61. The lowest BCUT2D eigenvalue weighted by Crippen LogP contribution is -2.53. The summed E-state index contributed by atoms with van der Waals surface area (Å²) in [4.78, 5) is 0. The normalized spacial score (nSPS) is 10.7. The standard InChI is InChI=1S/C32H27B/c1-24-12-9-10-17-30(24)31-18-11-19-32(25(31)2)33(28-15-7-4-8-16-28)29-22-20-27(21-23-29)26-13-5-3-6-14-26/h3-23H,1-2H3. The molecule has 0 saturated heterocycles. The van der Waals surface area contributed by atoms with Crippen molar-refractivity contribution in [1.29, 1.82) is 0 Å². The van der Waals surface area contributed by atoms with E-state index in [1.165, 1.54) is 49.8 Å². The molecule has 33 heavy (non-hydrogen) atoms. The van der Waals surface area contributed by atoms with Crippen molar-refractivity contribution in [2.75, 3.05) is 0 Å². The van der Waals surface area contributed by atoms with Gasteiger partial charge >= 0.3 is 0 Å². The van der Waals surface area contributed by atoms with Crippen molar-refractivity contribution < 1.29 is 0 Å². The van der Waals surface area contributed by atoms with Crippen molar-refractivity contribution in [3.8, 4) is 22.3 Å². The van der Waals surface area contributed by atoms with E-state index in [0.717, 1.165) is 0 Å². The smallest absolute Gasteiger partial charge is 0.0687 e. The Balaban J connectivity index is 1.63. The minimum absolute atomic E-state index is 0.181. The van der Waals surface area contributed by atoms with Crippen LogP contribution in [-0.2, 0) is 0 Å². The van der Waals surface area contributed by atoms with Crippen LogP contribution in [0.4, 0.5) is 0 Å². The fourth-order valence-corrected chi connectivity index (χ4v) is 4.83. The fourth-order valence-electron chi connectivity index (χ4n) is 4.83. The Kier molecular flexibility index (Phi) is 5.96. The summed E-state index contributed by atoms with van der Waals surface area (Å²) in [5, 5.41) is 0. The molecule has 0 aliphatic rings. The molecule has 0 atom stereocenters. The summed E-state index contributed by atoms with van der Waals surface area (Å²) in [6, 6.07) is 45.9. The molecule has 0 spiro atoms. The topological polar surface area (TPSA) is 0 Å². The van der Waals surface area contributed by atoms with Crippen molar-refractivity contribution >= 4 is 23.1 Å². The molecule has 0 unspecified atom stereocenters. The van der Waals surface area contributed by atoms with Crippen molar-refractivity contribution in [2.45, 2.75) is 13.8 Å². The first kappa shape index (κ1) is 21.0. The van der Waals surface area contributed by atoms with E-state index in [9.17, 15) is 0 Å². The van der Waals surface area contributed by atoms with Crippen LogP contribution in [0.1, 0.15) is 11.1 Å². The van der Waals surface area contributed by atoms with Gasteiger partial charge in [-0.05, 0) is 47.2 Å². The van der Waals surface area contributed by atoms with Crippen LogP contribution in [0.15, 0.2) is 127 Å². The van der Waals surface area contributed by atoms with E-state index in [2.05, 4.69) is 141 Å². The summed E-state index contributed by atoms with van der Waals surface area (Å²) < 4.78 is 0. The Hall–Kier alpha value is -3.84. The van der Waals surface area contributed by atoms with Gasteiger partial charge in [-0.1, -0.05) is 144 Å². The van der Waals surface area contributed by atoms with Crippen LogP contribution in [-0.4, -0.2) is 6.71 Å². The third kappa shape index (κ3) is 4.27. The average molecular weight is 422 g/mol. The Labute approximate surface area is 197 Å². The Morgan fingerprint density at radius 1 is 0.424 bits per heavy atom. The predicted molar refractivity (Wildman–Crippen MR) is 144 cm³/mol. The molecule has 0 bridgehead atoms. The Bertz CT molecular complexity index is 1350. The second-order valence-corrected chi connectivity index (χ2v) is 8.67. The van der Waals surface area contributed by atoms with Crippen LogP contribution in [0.2, 0.25) is 0 Å². The van der Waals surface area contributed by atoms with Crippen molar-refractivity contribution in [3.05, 3.63) is 139 Å². The molecule has 0 nitrogen and oxygen atoms in total. The third-order valence-corrected chi connectivity index (χ3v) is 6.61. The number of benzene rings is 5. The van der Waals surface area contributed by atoms with Gasteiger partial charge in [0.25, 0.3) is 0 Å². The maximum Gasteiger partial charge on any atom is 0.241 e. The summed E-state index contributed by atoms with van der Waals surface area (Å²) in [5.74, 6) is 0. The zero-order chi connectivity index (χ0) is 22.6. The lowest BCUT2D eigenvalue weighted by molar-refractivity contribution is 1.42. The van der Waals surface area contributed by atoms with E-state index in [1.54, 1.807) is 0 Å². The van der Waals surface area contributed by atoms with Crippen LogP contribution in [0.3, 0.4) is 0 Å². The summed E-state index contributed by atoms with van der Waals surface area (Å²) in [6.07, 6.45) is 0. The SMILES string of the molecule is Cc1ccccc1-c1cccc(B(c2ccccc2)c2ccc(-c3ccccc3)cc2)c1C. The molecule has 0 aliphatic carbocycles. The van der Waals surface area contributed by atoms with E-state index in [-0.39, 0.29) is 6.71 Å². The highest BCUT2D eigenvalue weighted by Gasteiger charge is 2.24. The minimum Gasteiger partial charge on any atom is -0.0687 e. The van der Waals surface area contributed by atoms with E-state index >= 15 is 0 Å². The molecule has 0 amide bonds. The van der Waals surface area contributed by atoms with Crippen molar-refractivity contribution in [2.24, 2.45) is 0 Å². The van der Waals surface area contributed by atoms with Crippen LogP contribution in [0.5, 0.6) is 0 Å². The second-order valence-electron chi connectivity index (χ2n) is 8.67. The quantitative estimate of drug-likeness (QED) is 0.298. The summed E-state index contributed by atoms with van der Waals surface area (Å²) in [7, 11) is 0. The van der Waals surface area contributed by atoms with Crippen LogP contribution >= 0.6 is 0 Å². The molecule has 5 aromatic carbocycles.